The quantitative estimate of drug-likeness (QED) is 0.724. The molecule has 1 aliphatic carbocycles. The van der Waals surface area contributed by atoms with Gasteiger partial charge in [-0.3, -0.25) is 4.79 Å². The van der Waals surface area contributed by atoms with Gasteiger partial charge < -0.3 is 15.2 Å². The van der Waals surface area contributed by atoms with Gasteiger partial charge in [-0.1, -0.05) is 17.7 Å². The number of aliphatic imine (C=N–C) groups is 1. The van der Waals surface area contributed by atoms with Crippen LogP contribution < -0.4 is 10.5 Å². The van der Waals surface area contributed by atoms with Crippen molar-refractivity contribution in [1.82, 2.24) is 4.98 Å². The molecular formula is C20H18ClF2N3O3. The van der Waals surface area contributed by atoms with Gasteiger partial charge in [-0.05, 0) is 24.1 Å². The number of alkyl halides is 1. The van der Waals surface area contributed by atoms with Crippen molar-refractivity contribution < 1.29 is 23.0 Å². The Morgan fingerprint density at radius 3 is 2.93 bits per heavy atom. The number of methoxy groups -OCH3 is 1. The van der Waals surface area contributed by atoms with Crippen molar-refractivity contribution in [3.05, 3.63) is 58.1 Å². The molecule has 1 fully saturated rings. The van der Waals surface area contributed by atoms with Crippen LogP contribution in [-0.2, 0) is 16.7 Å². The number of Topliss-reactive ketones (excluding diaryl/α,β-unsaturated/α-hetero) is 1. The highest BCUT2D eigenvalue weighted by molar-refractivity contribution is 6.33. The summed E-state index contributed by atoms with van der Waals surface area (Å²) in [5.41, 5.74) is 4.87. The van der Waals surface area contributed by atoms with Crippen LogP contribution in [-0.4, -0.2) is 36.7 Å². The van der Waals surface area contributed by atoms with Crippen molar-refractivity contribution in [3.8, 4) is 5.75 Å². The van der Waals surface area contributed by atoms with Crippen LogP contribution in [0.5, 0.6) is 5.75 Å². The summed E-state index contributed by atoms with van der Waals surface area (Å²) in [6, 6.07) is 5.47. The van der Waals surface area contributed by atoms with Gasteiger partial charge in [-0.15, -0.1) is 0 Å². The Hall–Kier alpha value is -2.74. The molecule has 1 aromatic carbocycles. The first-order valence-electron chi connectivity index (χ1n) is 8.97. The number of hydrogen-bond donors (Lipinski definition) is 1. The topological polar surface area (TPSA) is 86.8 Å². The van der Waals surface area contributed by atoms with Crippen molar-refractivity contribution in [2.24, 2.45) is 16.6 Å². The number of amidine groups is 1. The highest BCUT2D eigenvalue weighted by atomic mass is 35.5. The maximum atomic E-state index is 14.7. The minimum Gasteiger partial charge on any atom is -0.495 e. The first-order chi connectivity index (χ1) is 13.9. The second kappa shape index (κ2) is 7.26. The van der Waals surface area contributed by atoms with E-state index in [0.29, 0.717) is 17.7 Å². The van der Waals surface area contributed by atoms with E-state index in [-0.39, 0.29) is 46.5 Å². The molecule has 0 unspecified atom stereocenters. The minimum absolute atomic E-state index is 0.0674. The van der Waals surface area contributed by atoms with E-state index in [9.17, 15) is 13.6 Å². The number of carbonyl (C=O) groups is 1. The van der Waals surface area contributed by atoms with Crippen LogP contribution >= 0.6 is 11.6 Å². The lowest BCUT2D eigenvalue weighted by atomic mass is 9.84. The molecule has 29 heavy (non-hydrogen) atoms. The third-order valence-corrected chi connectivity index (χ3v) is 5.60. The molecule has 2 N–H and O–H groups in total. The Balaban J connectivity index is 1.66. The molecule has 4 rings (SSSR count). The van der Waals surface area contributed by atoms with E-state index >= 15 is 0 Å². The smallest absolute Gasteiger partial charge is 0.283 e. The van der Waals surface area contributed by atoms with Crippen LogP contribution in [0.15, 0.2) is 35.5 Å². The summed E-state index contributed by atoms with van der Waals surface area (Å²) in [5.74, 6) is -0.834. The fraction of sp³-hybridized carbons (Fsp3) is 0.350. The molecule has 0 bridgehead atoms. The zero-order valence-corrected chi connectivity index (χ0v) is 16.2. The second-order valence-corrected chi connectivity index (χ2v) is 7.53. The van der Waals surface area contributed by atoms with Crippen molar-refractivity contribution in [1.29, 1.82) is 0 Å². The second-order valence-electron chi connectivity index (χ2n) is 7.13. The standard InChI is InChI=1S/C20H18ClF2N3O3/c1-28-11-6-14(21)18(25-8-11)16(27)5-10-2-3-15(23)12(4-10)20(9-22)13-7-17(13)29-19(24)26-20/h2-4,6,8,13,17H,5,7,9H2,1H3,(H2,24,26)/t13-,17+,20+/m0/s1. The lowest BCUT2D eigenvalue weighted by Gasteiger charge is -2.31. The number of pyridine rings is 1. The van der Waals surface area contributed by atoms with Crippen molar-refractivity contribution in [3.63, 3.8) is 0 Å². The number of hydrogen-bond acceptors (Lipinski definition) is 6. The number of halogens is 3. The number of ether oxygens (including phenoxy) is 2. The van der Waals surface area contributed by atoms with Crippen LogP contribution in [0.25, 0.3) is 0 Å². The summed E-state index contributed by atoms with van der Waals surface area (Å²) in [6.45, 7) is -0.918. The van der Waals surface area contributed by atoms with Gasteiger partial charge in [0, 0.05) is 24.0 Å². The highest BCUT2D eigenvalue weighted by Gasteiger charge is 2.60. The maximum absolute atomic E-state index is 14.7. The maximum Gasteiger partial charge on any atom is 0.283 e. The Morgan fingerprint density at radius 2 is 2.24 bits per heavy atom. The van der Waals surface area contributed by atoms with E-state index in [1.807, 2.05) is 0 Å². The summed E-state index contributed by atoms with van der Waals surface area (Å²) in [4.78, 5) is 20.8. The minimum atomic E-state index is -1.44. The summed E-state index contributed by atoms with van der Waals surface area (Å²) >= 11 is 6.11. The molecule has 0 amide bonds. The summed E-state index contributed by atoms with van der Waals surface area (Å²) in [5, 5.41) is 0.152. The van der Waals surface area contributed by atoms with E-state index in [1.54, 1.807) is 0 Å². The first-order valence-corrected chi connectivity index (χ1v) is 9.35. The molecule has 2 aliphatic rings. The van der Waals surface area contributed by atoms with E-state index in [1.165, 1.54) is 37.6 Å². The van der Waals surface area contributed by atoms with Gasteiger partial charge in [0.15, 0.2) is 5.78 Å². The summed E-state index contributed by atoms with van der Waals surface area (Å²) < 4.78 is 39.1. The van der Waals surface area contributed by atoms with Crippen LogP contribution in [0, 0.1) is 11.7 Å². The lowest BCUT2D eigenvalue weighted by Crippen LogP contribution is -2.39. The molecule has 0 saturated heterocycles. The Labute approximate surface area is 170 Å². The lowest BCUT2D eigenvalue weighted by molar-refractivity contribution is 0.0988. The van der Waals surface area contributed by atoms with Crippen molar-refractivity contribution in [2.45, 2.75) is 24.5 Å². The molecule has 1 saturated carbocycles. The van der Waals surface area contributed by atoms with E-state index in [4.69, 9.17) is 26.8 Å². The summed E-state index contributed by atoms with van der Waals surface area (Å²) in [7, 11) is 1.46. The fourth-order valence-electron chi connectivity index (χ4n) is 3.75. The Kier molecular flexibility index (Phi) is 4.90. The van der Waals surface area contributed by atoms with Gasteiger partial charge in [-0.25, -0.2) is 18.8 Å². The average molecular weight is 422 g/mol. The number of aromatic nitrogens is 1. The largest absolute Gasteiger partial charge is 0.495 e. The average Bonchev–Trinajstić information content (AvgIpc) is 3.48. The van der Waals surface area contributed by atoms with Gasteiger partial charge in [0.25, 0.3) is 6.02 Å². The zero-order chi connectivity index (χ0) is 20.8. The Bertz CT molecular complexity index is 1020. The van der Waals surface area contributed by atoms with Gasteiger partial charge in [0.2, 0.25) is 0 Å². The monoisotopic (exact) mass is 421 g/mol. The van der Waals surface area contributed by atoms with Crippen LogP contribution in [0.1, 0.15) is 28.0 Å². The first kappa shape index (κ1) is 19.6. The number of nitrogens with two attached hydrogens (primary N) is 1. The predicted octanol–water partition coefficient (Wildman–Crippen LogP) is 3.21. The van der Waals surface area contributed by atoms with Crippen LogP contribution in [0.2, 0.25) is 5.02 Å². The zero-order valence-electron chi connectivity index (χ0n) is 15.5. The van der Waals surface area contributed by atoms with Crippen molar-refractivity contribution in [2.75, 3.05) is 13.8 Å². The van der Waals surface area contributed by atoms with Gasteiger partial charge in [0.1, 0.15) is 35.6 Å². The third-order valence-electron chi connectivity index (χ3n) is 5.31. The molecule has 6 nitrogen and oxygen atoms in total. The summed E-state index contributed by atoms with van der Waals surface area (Å²) in [6.07, 6.45) is 1.58. The fourth-order valence-corrected chi connectivity index (χ4v) is 4.01. The van der Waals surface area contributed by atoms with Gasteiger partial charge >= 0.3 is 0 Å². The number of nitrogens with zero attached hydrogens (tertiary/aromatic N) is 2. The number of ketones is 1. The molecule has 0 spiro atoms. The molecule has 3 atom stereocenters. The molecule has 152 valence electrons. The molecular weight excluding hydrogens is 404 g/mol. The molecule has 1 aromatic heterocycles. The molecule has 0 radical (unpaired) electrons. The van der Waals surface area contributed by atoms with Gasteiger partial charge in [-0.2, -0.15) is 0 Å². The molecule has 9 heteroatoms. The SMILES string of the molecule is COc1cnc(C(=O)Cc2ccc(F)c([C@@]3(CF)N=C(N)O[C@@H]4C[C@@H]43)c2)c(Cl)c1. The number of benzene rings is 1. The number of rotatable bonds is 6. The number of fused-ring (bicyclic) bond motifs is 1. The molecule has 2 aromatic rings. The number of carbonyl (C=O) groups excluding carboxylic acids is 1. The molecule has 1 aliphatic heterocycles. The van der Waals surface area contributed by atoms with E-state index < -0.39 is 18.0 Å². The van der Waals surface area contributed by atoms with Crippen LogP contribution in [0.3, 0.4) is 0 Å². The van der Waals surface area contributed by atoms with Crippen LogP contribution in [0.4, 0.5) is 8.78 Å². The van der Waals surface area contributed by atoms with Crippen molar-refractivity contribution >= 4 is 23.4 Å². The Morgan fingerprint density at radius 1 is 1.45 bits per heavy atom. The molecule has 2 heterocycles. The van der Waals surface area contributed by atoms with Gasteiger partial charge in [0.05, 0.1) is 18.3 Å². The normalized spacial score (nSPS) is 24.9. The predicted molar refractivity (Wildman–Crippen MR) is 102 cm³/mol. The van der Waals surface area contributed by atoms with E-state index in [2.05, 4.69) is 9.98 Å². The van der Waals surface area contributed by atoms with E-state index in [0.717, 1.165) is 0 Å². The third kappa shape index (κ3) is 3.42. The highest BCUT2D eigenvalue weighted by Crippen LogP contribution is 2.53.